The lowest BCUT2D eigenvalue weighted by molar-refractivity contribution is -0.161. The number of hydrogen-bond acceptors (Lipinski definition) is 10. The number of esters is 2. The van der Waals surface area contributed by atoms with Gasteiger partial charge < -0.3 is 30.3 Å². The fourth-order valence-corrected chi connectivity index (χ4v) is 7.48. The fraction of sp³-hybridized carbons (Fsp3) is 0.911. The van der Waals surface area contributed by atoms with Crippen LogP contribution in [0, 0.1) is 0 Å². The van der Waals surface area contributed by atoms with Crippen LogP contribution in [0.5, 0.6) is 0 Å². The number of ether oxygens (including phenoxy) is 2. The second-order valence-electron chi connectivity index (χ2n) is 15.9. The maximum absolute atomic E-state index is 12.6. The van der Waals surface area contributed by atoms with Crippen LogP contribution >= 0.6 is 7.82 Å². The number of carbonyl (C=O) groups excluding carboxylic acids is 2. The number of aliphatic hydroxyl groups excluding tert-OH is 2. The molecule has 0 fully saturated rings. The molecule has 12 heteroatoms. The molecule has 0 radical (unpaired) electrons. The first-order valence-electron chi connectivity index (χ1n) is 23.3. The lowest BCUT2D eigenvalue weighted by Gasteiger charge is -2.20. The zero-order valence-electron chi connectivity index (χ0n) is 36.6. The molecular weight excluding hydrogens is 745 g/mol. The Labute approximate surface area is 348 Å². The molecule has 5 N–H and O–H groups in total. The third-order valence-corrected chi connectivity index (χ3v) is 11.3. The van der Waals surface area contributed by atoms with Crippen molar-refractivity contribution in [1.82, 2.24) is 0 Å². The largest absolute Gasteiger partial charge is 0.472 e. The van der Waals surface area contributed by atoms with Crippen LogP contribution in [0.4, 0.5) is 0 Å². The summed E-state index contributed by atoms with van der Waals surface area (Å²) in [5.41, 5.74) is 5.34. The molecule has 0 saturated carbocycles. The average molecular weight is 834 g/mol. The number of phosphoric acid groups is 1. The van der Waals surface area contributed by atoms with E-state index in [1.165, 1.54) is 109 Å². The summed E-state index contributed by atoms with van der Waals surface area (Å²) in [7, 11) is -4.41. The van der Waals surface area contributed by atoms with Crippen molar-refractivity contribution in [3.8, 4) is 0 Å². The lowest BCUT2D eigenvalue weighted by Crippen LogP contribution is -2.29. The zero-order chi connectivity index (χ0) is 42.1. The molecule has 0 heterocycles. The van der Waals surface area contributed by atoms with E-state index in [0.29, 0.717) is 25.7 Å². The molecule has 11 nitrogen and oxygen atoms in total. The molecule has 0 amide bonds. The third kappa shape index (κ3) is 39.9. The van der Waals surface area contributed by atoms with Gasteiger partial charge in [0.15, 0.2) is 6.10 Å². The van der Waals surface area contributed by atoms with Crippen LogP contribution < -0.4 is 5.73 Å². The van der Waals surface area contributed by atoms with E-state index >= 15 is 0 Å². The number of allylic oxidation sites excluding steroid dienone is 1. The molecule has 0 saturated heterocycles. The van der Waals surface area contributed by atoms with Gasteiger partial charge in [-0.05, 0) is 38.5 Å². The summed E-state index contributed by atoms with van der Waals surface area (Å²) in [5.74, 6) is -0.929. The van der Waals surface area contributed by atoms with Crippen molar-refractivity contribution < 1.29 is 47.8 Å². The first kappa shape index (κ1) is 55.7. The number of carbonyl (C=O) groups is 2. The third-order valence-electron chi connectivity index (χ3n) is 10.4. The second kappa shape index (κ2) is 41.4. The van der Waals surface area contributed by atoms with Crippen LogP contribution in [0.15, 0.2) is 12.2 Å². The van der Waals surface area contributed by atoms with Crippen molar-refractivity contribution >= 4 is 19.8 Å². The maximum Gasteiger partial charge on any atom is 0.472 e. The van der Waals surface area contributed by atoms with Crippen molar-refractivity contribution in [1.29, 1.82) is 0 Å². The van der Waals surface area contributed by atoms with E-state index in [0.717, 1.165) is 57.8 Å². The summed E-state index contributed by atoms with van der Waals surface area (Å²) in [6, 6.07) is 0. The lowest BCUT2D eigenvalue weighted by atomic mass is 10.0. The van der Waals surface area contributed by atoms with Gasteiger partial charge >= 0.3 is 19.8 Å². The Balaban J connectivity index is 4.18. The number of phosphoric ester groups is 1. The molecule has 57 heavy (non-hydrogen) atoms. The van der Waals surface area contributed by atoms with Crippen molar-refractivity contribution in [2.24, 2.45) is 5.73 Å². The fourth-order valence-electron chi connectivity index (χ4n) is 6.72. The second-order valence-corrected chi connectivity index (χ2v) is 17.4. The van der Waals surface area contributed by atoms with Gasteiger partial charge in [0.05, 0.1) is 25.4 Å². The predicted molar refractivity (Wildman–Crippen MR) is 232 cm³/mol. The Bertz CT molecular complexity index is 984. The summed E-state index contributed by atoms with van der Waals surface area (Å²) in [6.07, 6.45) is 35.5. The highest BCUT2D eigenvalue weighted by Crippen LogP contribution is 2.43. The number of rotatable bonds is 44. The molecule has 0 aliphatic rings. The first-order chi connectivity index (χ1) is 27.6. The van der Waals surface area contributed by atoms with Crippen molar-refractivity contribution in [3.63, 3.8) is 0 Å². The van der Waals surface area contributed by atoms with E-state index in [9.17, 15) is 29.3 Å². The zero-order valence-corrected chi connectivity index (χ0v) is 37.5. The van der Waals surface area contributed by atoms with Crippen LogP contribution in [0.2, 0.25) is 0 Å². The van der Waals surface area contributed by atoms with Crippen LogP contribution in [-0.4, -0.2) is 71.7 Å². The summed E-state index contributed by atoms with van der Waals surface area (Å²) >= 11 is 0. The smallest absolute Gasteiger partial charge is 0.462 e. The Hall–Kier alpha value is -1.33. The van der Waals surface area contributed by atoms with Crippen LogP contribution in [0.1, 0.15) is 219 Å². The topological polar surface area (TPSA) is 175 Å². The van der Waals surface area contributed by atoms with Crippen LogP contribution in [-0.2, 0) is 32.7 Å². The Morgan fingerprint density at radius 1 is 0.579 bits per heavy atom. The number of hydrogen-bond donors (Lipinski definition) is 4. The van der Waals surface area contributed by atoms with Gasteiger partial charge in [0, 0.05) is 19.4 Å². The van der Waals surface area contributed by atoms with Gasteiger partial charge in [-0.15, -0.1) is 0 Å². The number of nitrogens with two attached hydrogens (primary N) is 1. The van der Waals surface area contributed by atoms with Crippen LogP contribution in [0.25, 0.3) is 0 Å². The van der Waals surface area contributed by atoms with E-state index in [1.54, 1.807) is 0 Å². The summed E-state index contributed by atoms with van der Waals surface area (Å²) in [6.45, 7) is 3.53. The van der Waals surface area contributed by atoms with Crippen LogP contribution in [0.3, 0.4) is 0 Å². The molecule has 0 aromatic carbocycles. The van der Waals surface area contributed by atoms with Gasteiger partial charge in [0.2, 0.25) is 0 Å². The Kier molecular flexibility index (Phi) is 40.4. The van der Waals surface area contributed by atoms with Gasteiger partial charge in [-0.1, -0.05) is 180 Å². The van der Waals surface area contributed by atoms with E-state index in [-0.39, 0.29) is 32.6 Å². The Morgan fingerprint density at radius 2 is 1.04 bits per heavy atom. The van der Waals surface area contributed by atoms with Gasteiger partial charge in [0.1, 0.15) is 6.61 Å². The molecule has 0 rings (SSSR count). The Morgan fingerprint density at radius 3 is 1.54 bits per heavy atom. The molecule has 0 aliphatic heterocycles. The van der Waals surface area contributed by atoms with Crippen molar-refractivity contribution in [2.45, 2.75) is 238 Å². The summed E-state index contributed by atoms with van der Waals surface area (Å²) in [5, 5.41) is 20.4. The molecule has 0 bridgehead atoms. The summed E-state index contributed by atoms with van der Waals surface area (Å²) in [4.78, 5) is 34.9. The molecular formula is C45H88NO10P. The minimum Gasteiger partial charge on any atom is -0.462 e. The molecule has 0 spiro atoms. The van der Waals surface area contributed by atoms with Gasteiger partial charge in [0.25, 0.3) is 0 Å². The highest BCUT2D eigenvalue weighted by Gasteiger charge is 2.26. The van der Waals surface area contributed by atoms with E-state index < -0.39 is 44.7 Å². The quantitative estimate of drug-likeness (QED) is 0.0199. The van der Waals surface area contributed by atoms with E-state index in [1.807, 2.05) is 6.08 Å². The molecule has 4 atom stereocenters. The minimum absolute atomic E-state index is 0.0333. The highest BCUT2D eigenvalue weighted by atomic mass is 31.2. The SMILES string of the molecule is CCCCC/C=C\C[C@@H](O)[C@H](O)CCCCCCCC(=O)OC[C@H](COP(=O)(O)OCCN)OC(=O)CCCCCCCCCCCCCCCCCCCCC. The van der Waals surface area contributed by atoms with Gasteiger partial charge in [-0.25, -0.2) is 4.57 Å². The maximum atomic E-state index is 12.6. The molecule has 338 valence electrons. The highest BCUT2D eigenvalue weighted by molar-refractivity contribution is 7.47. The van der Waals surface area contributed by atoms with E-state index in [2.05, 4.69) is 19.9 Å². The summed E-state index contributed by atoms with van der Waals surface area (Å²) < 4.78 is 32.7. The van der Waals surface area contributed by atoms with E-state index in [4.69, 9.17) is 24.3 Å². The minimum atomic E-state index is -4.41. The van der Waals surface area contributed by atoms with Gasteiger partial charge in [-0.2, -0.15) is 0 Å². The molecule has 0 aliphatic carbocycles. The number of aliphatic hydroxyl groups is 2. The normalized spacial score (nSPS) is 14.4. The average Bonchev–Trinajstić information content (AvgIpc) is 3.19. The van der Waals surface area contributed by atoms with Gasteiger partial charge in [-0.3, -0.25) is 18.6 Å². The molecule has 0 aromatic rings. The first-order valence-corrected chi connectivity index (χ1v) is 24.8. The monoisotopic (exact) mass is 834 g/mol. The number of unbranched alkanes of at least 4 members (excludes halogenated alkanes) is 25. The molecule has 0 aromatic heterocycles. The van der Waals surface area contributed by atoms with Crippen molar-refractivity contribution in [3.05, 3.63) is 12.2 Å². The molecule has 1 unspecified atom stereocenters. The van der Waals surface area contributed by atoms with Crippen molar-refractivity contribution in [2.75, 3.05) is 26.4 Å². The standard InChI is InChI=1S/C45H88NO10P/c1-3-5-7-9-11-12-13-14-15-16-17-18-19-20-21-22-23-27-32-36-45(50)56-41(40-55-57(51,52)54-38-37-46)39-53-44(49)35-31-28-24-26-30-34-43(48)42(47)33-29-25-10-8-6-4-2/h25,29,41-43,47-48H,3-24,26-28,30-40,46H2,1-2H3,(H,51,52)/b29-25-/t41-,42-,43-/m1/s1. The predicted octanol–water partition coefficient (Wildman–Crippen LogP) is 11.3.